The quantitative estimate of drug-likeness (QED) is 0.687. The second-order valence-corrected chi connectivity index (χ2v) is 6.74. The predicted octanol–water partition coefficient (Wildman–Crippen LogP) is 3.69. The number of imidazole rings is 1. The molecule has 2 aromatic heterocycles. The van der Waals surface area contributed by atoms with Crippen LogP contribution in [-0.2, 0) is 6.54 Å². The molecule has 0 radical (unpaired) electrons. The van der Waals surface area contributed by atoms with Crippen LogP contribution < -0.4 is 0 Å². The summed E-state index contributed by atoms with van der Waals surface area (Å²) in [5.74, 6) is 1.07. The van der Waals surface area contributed by atoms with E-state index in [4.69, 9.17) is 5.41 Å². The standard InChI is InChI=1S/C17H16N4OS/c1-10-4-5-12-13(7-10)20-17(19-12)15-14(22)9-21(16(15)18)8-11-3-2-6-23-11/h2-7,18,22H,8-9H2,1H3,(H,19,20). The highest BCUT2D eigenvalue weighted by Crippen LogP contribution is 2.29. The summed E-state index contributed by atoms with van der Waals surface area (Å²) < 4.78 is 0. The number of fused-ring (bicyclic) bond motifs is 1. The maximum atomic E-state index is 10.3. The van der Waals surface area contributed by atoms with E-state index in [1.165, 1.54) is 4.88 Å². The Morgan fingerprint density at radius 2 is 2.26 bits per heavy atom. The topological polar surface area (TPSA) is 76.0 Å². The van der Waals surface area contributed by atoms with E-state index in [0.717, 1.165) is 16.6 Å². The van der Waals surface area contributed by atoms with E-state index < -0.39 is 0 Å². The zero-order chi connectivity index (χ0) is 16.0. The average molecular weight is 324 g/mol. The molecular weight excluding hydrogens is 308 g/mol. The first-order valence-electron chi connectivity index (χ1n) is 7.37. The van der Waals surface area contributed by atoms with Gasteiger partial charge in [-0.3, -0.25) is 5.41 Å². The van der Waals surface area contributed by atoms with Gasteiger partial charge in [-0.2, -0.15) is 0 Å². The Labute approximate surface area is 137 Å². The SMILES string of the molecule is Cc1ccc2nc(C3=C(O)CN(Cc4cccs4)C3=N)[nH]c2c1. The number of thiophene rings is 1. The van der Waals surface area contributed by atoms with Crippen LogP contribution in [0, 0.1) is 12.3 Å². The lowest BCUT2D eigenvalue weighted by Gasteiger charge is -2.17. The van der Waals surface area contributed by atoms with Crippen molar-refractivity contribution >= 4 is 33.8 Å². The van der Waals surface area contributed by atoms with Crippen LogP contribution in [0.5, 0.6) is 0 Å². The molecule has 0 bridgehead atoms. The van der Waals surface area contributed by atoms with E-state index in [-0.39, 0.29) is 5.76 Å². The molecule has 0 spiro atoms. The van der Waals surface area contributed by atoms with Crippen LogP contribution in [0.4, 0.5) is 0 Å². The lowest BCUT2D eigenvalue weighted by Crippen LogP contribution is -2.25. The third-order valence-corrected chi connectivity index (χ3v) is 4.84. The third-order valence-electron chi connectivity index (χ3n) is 3.98. The number of rotatable bonds is 3. The molecule has 1 aliphatic rings. The molecule has 0 amide bonds. The van der Waals surface area contributed by atoms with Crippen molar-refractivity contribution in [2.24, 2.45) is 0 Å². The van der Waals surface area contributed by atoms with Gasteiger partial charge in [0.05, 0.1) is 29.7 Å². The fourth-order valence-corrected chi connectivity index (χ4v) is 3.57. The number of benzene rings is 1. The lowest BCUT2D eigenvalue weighted by molar-refractivity contribution is 0.348. The number of aliphatic hydroxyl groups excluding tert-OH is 1. The molecule has 0 aliphatic carbocycles. The van der Waals surface area contributed by atoms with Crippen molar-refractivity contribution in [3.05, 3.63) is 57.7 Å². The van der Waals surface area contributed by atoms with Crippen LogP contribution in [-0.4, -0.2) is 32.4 Å². The third kappa shape index (κ3) is 2.41. The summed E-state index contributed by atoms with van der Waals surface area (Å²) in [6, 6.07) is 10.0. The van der Waals surface area contributed by atoms with Gasteiger partial charge in [0, 0.05) is 4.88 Å². The van der Waals surface area contributed by atoms with Gasteiger partial charge in [0.2, 0.25) is 0 Å². The van der Waals surface area contributed by atoms with Gasteiger partial charge < -0.3 is 15.0 Å². The van der Waals surface area contributed by atoms with Crippen LogP contribution in [0.2, 0.25) is 0 Å². The number of nitrogens with zero attached hydrogens (tertiary/aromatic N) is 2. The molecule has 0 saturated carbocycles. The summed E-state index contributed by atoms with van der Waals surface area (Å²) in [6.07, 6.45) is 0. The molecule has 23 heavy (non-hydrogen) atoms. The zero-order valence-corrected chi connectivity index (χ0v) is 13.4. The van der Waals surface area contributed by atoms with E-state index >= 15 is 0 Å². The summed E-state index contributed by atoms with van der Waals surface area (Å²) in [4.78, 5) is 10.8. The number of amidine groups is 1. The number of aryl methyl sites for hydroxylation is 1. The Bertz CT molecular complexity index is 923. The largest absolute Gasteiger partial charge is 0.510 e. The number of H-pyrrole nitrogens is 1. The average Bonchev–Trinajstić information content (AvgIpc) is 3.20. The van der Waals surface area contributed by atoms with Crippen molar-refractivity contribution in [2.75, 3.05) is 6.54 Å². The van der Waals surface area contributed by atoms with Crippen molar-refractivity contribution in [3.8, 4) is 0 Å². The molecule has 1 aliphatic heterocycles. The highest BCUT2D eigenvalue weighted by atomic mass is 32.1. The number of aromatic amines is 1. The number of nitrogens with one attached hydrogen (secondary N) is 2. The second kappa shape index (κ2) is 5.24. The molecule has 5 nitrogen and oxygen atoms in total. The number of aliphatic hydroxyl groups is 1. The number of hydrogen-bond donors (Lipinski definition) is 3. The molecule has 0 unspecified atom stereocenters. The Morgan fingerprint density at radius 3 is 3.04 bits per heavy atom. The maximum Gasteiger partial charge on any atom is 0.145 e. The molecule has 0 atom stereocenters. The van der Waals surface area contributed by atoms with Gasteiger partial charge in [0.25, 0.3) is 0 Å². The highest BCUT2D eigenvalue weighted by molar-refractivity contribution is 7.09. The van der Waals surface area contributed by atoms with Crippen molar-refractivity contribution in [1.29, 1.82) is 5.41 Å². The monoisotopic (exact) mass is 324 g/mol. The minimum atomic E-state index is 0.197. The minimum absolute atomic E-state index is 0.197. The van der Waals surface area contributed by atoms with Gasteiger partial charge in [-0.15, -0.1) is 11.3 Å². The van der Waals surface area contributed by atoms with E-state index in [2.05, 4.69) is 9.97 Å². The van der Waals surface area contributed by atoms with Crippen molar-refractivity contribution in [3.63, 3.8) is 0 Å². The maximum absolute atomic E-state index is 10.3. The van der Waals surface area contributed by atoms with Gasteiger partial charge in [0.15, 0.2) is 0 Å². The fourth-order valence-electron chi connectivity index (χ4n) is 2.85. The van der Waals surface area contributed by atoms with E-state index in [1.54, 1.807) is 11.3 Å². The first-order chi connectivity index (χ1) is 11.1. The summed E-state index contributed by atoms with van der Waals surface area (Å²) in [5, 5.41) is 20.8. The highest BCUT2D eigenvalue weighted by Gasteiger charge is 2.30. The lowest BCUT2D eigenvalue weighted by atomic mass is 10.2. The summed E-state index contributed by atoms with van der Waals surface area (Å²) in [6.45, 7) is 3.00. The van der Waals surface area contributed by atoms with Crippen LogP contribution in [0.15, 0.2) is 41.5 Å². The van der Waals surface area contributed by atoms with Gasteiger partial charge in [-0.25, -0.2) is 4.98 Å². The van der Waals surface area contributed by atoms with Gasteiger partial charge >= 0.3 is 0 Å². The molecule has 6 heteroatoms. The van der Waals surface area contributed by atoms with Crippen molar-refractivity contribution in [2.45, 2.75) is 13.5 Å². The van der Waals surface area contributed by atoms with Gasteiger partial charge in [-0.05, 0) is 36.1 Å². The Balaban J connectivity index is 1.67. The fraction of sp³-hybridized carbons (Fsp3) is 0.176. The molecule has 0 saturated heterocycles. The van der Waals surface area contributed by atoms with Crippen LogP contribution in [0.3, 0.4) is 0 Å². The molecule has 116 valence electrons. The summed E-state index contributed by atoms with van der Waals surface area (Å²) in [7, 11) is 0. The first-order valence-corrected chi connectivity index (χ1v) is 8.25. The molecular formula is C17H16N4OS. The zero-order valence-electron chi connectivity index (χ0n) is 12.6. The summed E-state index contributed by atoms with van der Waals surface area (Å²) in [5.41, 5.74) is 3.40. The number of hydrogen-bond acceptors (Lipinski definition) is 4. The smallest absolute Gasteiger partial charge is 0.145 e. The van der Waals surface area contributed by atoms with E-state index in [9.17, 15) is 5.11 Å². The van der Waals surface area contributed by atoms with Crippen LogP contribution in [0.1, 0.15) is 16.3 Å². The molecule has 3 heterocycles. The van der Waals surface area contributed by atoms with Crippen molar-refractivity contribution < 1.29 is 5.11 Å². The minimum Gasteiger partial charge on any atom is -0.510 e. The second-order valence-electron chi connectivity index (χ2n) is 5.71. The Kier molecular flexibility index (Phi) is 3.20. The molecule has 1 aromatic carbocycles. The predicted molar refractivity (Wildman–Crippen MR) is 92.8 cm³/mol. The van der Waals surface area contributed by atoms with Crippen molar-refractivity contribution in [1.82, 2.24) is 14.9 Å². The molecule has 0 fully saturated rings. The van der Waals surface area contributed by atoms with E-state index in [1.807, 2.05) is 47.5 Å². The molecule has 3 aromatic rings. The normalized spacial score (nSPS) is 15.2. The van der Waals surface area contributed by atoms with E-state index in [0.29, 0.717) is 30.3 Å². The summed E-state index contributed by atoms with van der Waals surface area (Å²) >= 11 is 1.65. The Hall–Kier alpha value is -2.60. The van der Waals surface area contributed by atoms with Gasteiger partial charge in [0.1, 0.15) is 17.4 Å². The molecule has 3 N–H and O–H groups in total. The number of aromatic nitrogens is 2. The van der Waals surface area contributed by atoms with Crippen LogP contribution >= 0.6 is 11.3 Å². The molecule has 4 rings (SSSR count). The van der Waals surface area contributed by atoms with Gasteiger partial charge in [-0.1, -0.05) is 12.1 Å². The van der Waals surface area contributed by atoms with Crippen LogP contribution in [0.25, 0.3) is 16.6 Å². The first kappa shape index (κ1) is 14.0. The Morgan fingerprint density at radius 1 is 1.39 bits per heavy atom.